The summed E-state index contributed by atoms with van der Waals surface area (Å²) in [5, 5.41) is 12.1. The third-order valence-corrected chi connectivity index (χ3v) is 7.31. The van der Waals surface area contributed by atoms with Crippen LogP contribution in [0.5, 0.6) is 0 Å². The zero-order valence-corrected chi connectivity index (χ0v) is 19.9. The molecule has 1 amide bonds. The van der Waals surface area contributed by atoms with Gasteiger partial charge in [0.15, 0.2) is 0 Å². The van der Waals surface area contributed by atoms with Gasteiger partial charge in [-0.25, -0.2) is 4.98 Å². The number of fused-ring (bicyclic) bond motifs is 1. The van der Waals surface area contributed by atoms with Crippen molar-refractivity contribution in [2.45, 2.75) is 37.8 Å². The molecule has 9 heteroatoms. The fourth-order valence-corrected chi connectivity index (χ4v) is 5.34. The van der Waals surface area contributed by atoms with E-state index in [0.29, 0.717) is 12.0 Å². The minimum atomic E-state index is -0.0961. The zero-order valence-electron chi connectivity index (χ0n) is 19.1. The minimum Gasteiger partial charge on any atom is -0.378 e. The van der Waals surface area contributed by atoms with Crippen molar-refractivity contribution in [2.75, 3.05) is 41.8 Å². The smallest absolute Gasteiger partial charge is 0.243 e. The zero-order chi connectivity index (χ0) is 23.3. The molecule has 0 spiro atoms. The second-order valence-electron chi connectivity index (χ2n) is 8.71. The third kappa shape index (κ3) is 5.31. The van der Waals surface area contributed by atoms with E-state index in [0.717, 1.165) is 73.7 Å². The SMILES string of the molecule is C=CC(=O)NC1CCC(Nc2nc(Nc3ccc(N4CCOCC4)cc3)nc3ccsc23)CC1. The molecule has 3 aromatic rings. The predicted molar refractivity (Wildman–Crippen MR) is 138 cm³/mol. The fourth-order valence-electron chi connectivity index (χ4n) is 4.56. The summed E-state index contributed by atoms with van der Waals surface area (Å²) in [7, 11) is 0. The third-order valence-electron chi connectivity index (χ3n) is 6.40. The topological polar surface area (TPSA) is 91.4 Å². The summed E-state index contributed by atoms with van der Waals surface area (Å²) in [6.07, 6.45) is 5.17. The van der Waals surface area contributed by atoms with E-state index >= 15 is 0 Å². The Hall–Kier alpha value is -3.17. The number of morpholine rings is 1. The highest BCUT2D eigenvalue weighted by molar-refractivity contribution is 7.17. The van der Waals surface area contributed by atoms with E-state index < -0.39 is 0 Å². The maximum atomic E-state index is 11.6. The Morgan fingerprint density at radius 3 is 2.53 bits per heavy atom. The van der Waals surface area contributed by atoms with Crippen LogP contribution in [0.4, 0.5) is 23.1 Å². The predicted octanol–water partition coefficient (Wildman–Crippen LogP) is 4.30. The van der Waals surface area contributed by atoms with Gasteiger partial charge in [-0.1, -0.05) is 6.58 Å². The molecule has 8 nitrogen and oxygen atoms in total. The number of thiophene rings is 1. The Morgan fingerprint density at radius 1 is 1.06 bits per heavy atom. The summed E-state index contributed by atoms with van der Waals surface area (Å²) in [5.41, 5.74) is 3.09. The van der Waals surface area contributed by atoms with E-state index in [1.165, 1.54) is 11.8 Å². The quantitative estimate of drug-likeness (QED) is 0.436. The van der Waals surface area contributed by atoms with Crippen LogP contribution in [0.3, 0.4) is 0 Å². The molecule has 1 aliphatic carbocycles. The molecule has 0 unspecified atom stereocenters. The maximum Gasteiger partial charge on any atom is 0.243 e. The van der Waals surface area contributed by atoms with Crippen LogP contribution in [0.25, 0.3) is 10.2 Å². The van der Waals surface area contributed by atoms with Crippen molar-refractivity contribution in [3.63, 3.8) is 0 Å². The first-order valence-corrected chi connectivity index (χ1v) is 12.7. The lowest BCUT2D eigenvalue weighted by Crippen LogP contribution is -2.39. The maximum absolute atomic E-state index is 11.6. The molecule has 3 heterocycles. The van der Waals surface area contributed by atoms with Crippen molar-refractivity contribution >= 4 is 50.6 Å². The lowest BCUT2D eigenvalue weighted by molar-refractivity contribution is -0.117. The summed E-state index contributed by atoms with van der Waals surface area (Å²) in [5.74, 6) is 1.35. The Morgan fingerprint density at radius 2 is 1.79 bits per heavy atom. The molecule has 1 saturated heterocycles. The lowest BCUT2D eigenvalue weighted by atomic mass is 9.91. The number of ether oxygens (including phenoxy) is 1. The first kappa shape index (κ1) is 22.6. The second-order valence-corrected chi connectivity index (χ2v) is 9.62. The van der Waals surface area contributed by atoms with Gasteiger partial charge in [0, 0.05) is 36.5 Å². The van der Waals surface area contributed by atoms with Crippen molar-refractivity contribution in [3.05, 3.63) is 48.4 Å². The van der Waals surface area contributed by atoms with Gasteiger partial charge in [0.05, 0.1) is 23.4 Å². The minimum absolute atomic E-state index is 0.0961. The number of rotatable bonds is 7. The molecule has 1 saturated carbocycles. The van der Waals surface area contributed by atoms with Crippen LogP contribution in [0.2, 0.25) is 0 Å². The molecule has 0 radical (unpaired) electrons. The average molecular weight is 479 g/mol. The van der Waals surface area contributed by atoms with Gasteiger partial charge in [0.2, 0.25) is 11.9 Å². The van der Waals surface area contributed by atoms with E-state index in [2.05, 4.69) is 51.7 Å². The summed E-state index contributed by atoms with van der Waals surface area (Å²) in [4.78, 5) is 23.5. The number of hydrogen-bond donors (Lipinski definition) is 3. The number of aromatic nitrogens is 2. The van der Waals surface area contributed by atoms with Crippen LogP contribution in [-0.4, -0.2) is 54.3 Å². The van der Waals surface area contributed by atoms with E-state index in [9.17, 15) is 4.79 Å². The standard InChI is InChI=1S/C25H30N6O2S/c1-2-22(32)26-17-3-5-18(6-4-17)27-24-23-21(11-16-34-23)29-25(30-24)28-19-7-9-20(10-8-19)31-12-14-33-15-13-31/h2,7-11,16-18H,1,3-6,12-15H2,(H,26,32)(H2,27,28,29,30). The van der Waals surface area contributed by atoms with Crippen molar-refractivity contribution in [3.8, 4) is 0 Å². The highest BCUT2D eigenvalue weighted by Crippen LogP contribution is 2.31. The van der Waals surface area contributed by atoms with Gasteiger partial charge in [-0.05, 0) is 67.5 Å². The van der Waals surface area contributed by atoms with Gasteiger partial charge in [-0.15, -0.1) is 11.3 Å². The van der Waals surface area contributed by atoms with Crippen LogP contribution in [0.1, 0.15) is 25.7 Å². The molecule has 1 aromatic carbocycles. The number of carbonyl (C=O) groups excluding carboxylic acids is 1. The van der Waals surface area contributed by atoms with Gasteiger partial charge < -0.3 is 25.6 Å². The Kier molecular flexibility index (Phi) is 6.92. The van der Waals surface area contributed by atoms with E-state index in [1.807, 2.05) is 11.4 Å². The fraction of sp³-hybridized carbons (Fsp3) is 0.400. The first-order valence-electron chi connectivity index (χ1n) is 11.8. The Labute approximate surface area is 203 Å². The molecule has 2 aromatic heterocycles. The normalized spacial score (nSPS) is 20.6. The highest BCUT2D eigenvalue weighted by atomic mass is 32.1. The molecule has 0 atom stereocenters. The van der Waals surface area contributed by atoms with Crippen LogP contribution in [-0.2, 0) is 9.53 Å². The van der Waals surface area contributed by atoms with Crippen molar-refractivity contribution in [2.24, 2.45) is 0 Å². The van der Waals surface area contributed by atoms with E-state index in [4.69, 9.17) is 14.7 Å². The monoisotopic (exact) mass is 478 g/mol. The summed E-state index contributed by atoms with van der Waals surface area (Å²) < 4.78 is 6.51. The molecule has 1 aliphatic heterocycles. The number of nitrogens with one attached hydrogen (secondary N) is 3. The molecular weight excluding hydrogens is 448 g/mol. The molecule has 2 fully saturated rings. The van der Waals surface area contributed by atoms with Gasteiger partial charge in [0.1, 0.15) is 5.82 Å². The first-order chi connectivity index (χ1) is 16.7. The van der Waals surface area contributed by atoms with Gasteiger partial charge in [0.25, 0.3) is 0 Å². The summed E-state index contributed by atoms with van der Waals surface area (Å²) in [6.45, 7) is 6.92. The Bertz CT molecular complexity index is 1130. The number of hydrogen-bond acceptors (Lipinski definition) is 8. The summed E-state index contributed by atoms with van der Waals surface area (Å²) >= 11 is 1.65. The molecule has 2 aliphatic rings. The number of benzene rings is 1. The highest BCUT2D eigenvalue weighted by Gasteiger charge is 2.23. The molecule has 0 bridgehead atoms. The van der Waals surface area contributed by atoms with Crippen molar-refractivity contribution in [1.82, 2.24) is 15.3 Å². The summed E-state index contributed by atoms with van der Waals surface area (Å²) in [6, 6.07) is 10.9. The molecule has 34 heavy (non-hydrogen) atoms. The number of anilines is 4. The van der Waals surface area contributed by atoms with Crippen LogP contribution < -0.4 is 20.9 Å². The van der Waals surface area contributed by atoms with E-state index in [-0.39, 0.29) is 11.9 Å². The largest absolute Gasteiger partial charge is 0.378 e. The van der Waals surface area contributed by atoms with Crippen molar-refractivity contribution in [1.29, 1.82) is 0 Å². The average Bonchev–Trinajstić information content (AvgIpc) is 3.35. The number of amides is 1. The van der Waals surface area contributed by atoms with Gasteiger partial charge >= 0.3 is 0 Å². The molecule has 178 valence electrons. The number of nitrogens with zero attached hydrogens (tertiary/aromatic N) is 3. The van der Waals surface area contributed by atoms with Crippen LogP contribution in [0.15, 0.2) is 48.4 Å². The van der Waals surface area contributed by atoms with Gasteiger partial charge in [-0.3, -0.25) is 4.79 Å². The van der Waals surface area contributed by atoms with Crippen LogP contribution >= 0.6 is 11.3 Å². The lowest BCUT2D eigenvalue weighted by Gasteiger charge is -2.30. The molecular formula is C25H30N6O2S. The number of carbonyl (C=O) groups is 1. The van der Waals surface area contributed by atoms with Gasteiger partial charge in [-0.2, -0.15) is 4.98 Å². The van der Waals surface area contributed by atoms with Crippen molar-refractivity contribution < 1.29 is 9.53 Å². The van der Waals surface area contributed by atoms with E-state index in [1.54, 1.807) is 11.3 Å². The second kappa shape index (κ2) is 10.4. The van der Waals surface area contributed by atoms with Crippen LogP contribution in [0, 0.1) is 0 Å². The Balaban J connectivity index is 1.26. The molecule has 5 rings (SSSR count). The molecule has 3 N–H and O–H groups in total.